The number of imide groups is 1. The van der Waals surface area contributed by atoms with Crippen molar-refractivity contribution in [1.29, 1.82) is 0 Å². The number of amides is 2. The number of halogens is 1. The third-order valence-electron chi connectivity index (χ3n) is 8.03. The molecule has 2 fully saturated rings. The molecule has 0 spiro atoms. The molecule has 4 aliphatic heterocycles. The second-order valence-electron chi connectivity index (χ2n) is 10.3. The Labute approximate surface area is 244 Å². The highest BCUT2D eigenvalue weighted by Gasteiger charge is 2.63. The number of rotatable bonds is 5. The number of hydrogen-bond acceptors (Lipinski definition) is 7. The van der Waals surface area contributed by atoms with E-state index in [1.807, 2.05) is 6.07 Å². The summed E-state index contributed by atoms with van der Waals surface area (Å²) in [7, 11) is 0. The van der Waals surface area contributed by atoms with Crippen LogP contribution >= 0.6 is 15.9 Å². The van der Waals surface area contributed by atoms with E-state index in [4.69, 9.17) is 9.47 Å². The average Bonchev–Trinajstić information content (AvgIpc) is 3.48. The van der Waals surface area contributed by atoms with Gasteiger partial charge in [0.25, 0.3) is 0 Å². The Morgan fingerprint density at radius 3 is 2.27 bits per heavy atom. The van der Waals surface area contributed by atoms with Crippen molar-refractivity contribution in [3.8, 4) is 11.5 Å². The van der Waals surface area contributed by atoms with E-state index in [0.29, 0.717) is 47.1 Å². The zero-order chi connectivity index (χ0) is 28.2. The largest absolute Gasteiger partial charge is 0.486 e. The normalized spacial score (nSPS) is 24.2. The van der Waals surface area contributed by atoms with E-state index < -0.39 is 35.7 Å². The van der Waals surface area contributed by atoms with Crippen LogP contribution in [0, 0.1) is 11.8 Å². The van der Waals surface area contributed by atoms with Crippen LogP contribution in [0.4, 0.5) is 5.69 Å². The molecular formula is C32H23BrN2O6. The topological polar surface area (TPSA) is 93.2 Å². The molecule has 2 amide bonds. The highest BCUT2D eigenvalue weighted by atomic mass is 79.9. The first-order valence-corrected chi connectivity index (χ1v) is 14.1. The summed E-state index contributed by atoms with van der Waals surface area (Å²) in [4.78, 5) is 58.4. The average molecular weight is 611 g/mol. The van der Waals surface area contributed by atoms with Crippen molar-refractivity contribution in [2.24, 2.45) is 11.8 Å². The Hall–Kier alpha value is -4.50. The number of benzene rings is 3. The smallest absolute Gasteiger partial charge is 0.240 e. The van der Waals surface area contributed by atoms with Gasteiger partial charge in [-0.25, -0.2) is 4.90 Å². The van der Waals surface area contributed by atoms with Crippen molar-refractivity contribution in [2.45, 2.75) is 12.1 Å². The van der Waals surface area contributed by atoms with Crippen LogP contribution in [0.3, 0.4) is 0 Å². The van der Waals surface area contributed by atoms with E-state index in [2.05, 4.69) is 15.9 Å². The number of nitrogens with zero attached hydrogens (tertiary/aromatic N) is 2. The van der Waals surface area contributed by atoms with Crippen molar-refractivity contribution in [3.63, 3.8) is 0 Å². The molecule has 0 unspecified atom stereocenters. The quantitative estimate of drug-likeness (QED) is 0.308. The Balaban J connectivity index is 1.30. The fourth-order valence-corrected chi connectivity index (χ4v) is 6.43. The second kappa shape index (κ2) is 9.85. The Morgan fingerprint density at radius 2 is 1.51 bits per heavy atom. The minimum Gasteiger partial charge on any atom is -0.486 e. The zero-order valence-corrected chi connectivity index (χ0v) is 23.2. The molecule has 0 aromatic heterocycles. The van der Waals surface area contributed by atoms with Gasteiger partial charge >= 0.3 is 0 Å². The van der Waals surface area contributed by atoms with E-state index in [9.17, 15) is 19.2 Å². The molecule has 2 saturated heterocycles. The van der Waals surface area contributed by atoms with Gasteiger partial charge in [0.1, 0.15) is 19.3 Å². The van der Waals surface area contributed by atoms with Gasteiger partial charge in [0.2, 0.25) is 11.8 Å². The first kappa shape index (κ1) is 25.5. The number of ether oxygens (including phenoxy) is 2. The molecular weight excluding hydrogens is 588 g/mol. The predicted molar refractivity (Wildman–Crippen MR) is 153 cm³/mol. The van der Waals surface area contributed by atoms with Gasteiger partial charge in [-0.2, -0.15) is 0 Å². The Kier molecular flexibility index (Phi) is 6.12. The van der Waals surface area contributed by atoms with Crippen LogP contribution in [0.5, 0.6) is 11.5 Å². The molecule has 204 valence electrons. The lowest BCUT2D eigenvalue weighted by Gasteiger charge is -2.33. The van der Waals surface area contributed by atoms with E-state index >= 15 is 0 Å². The van der Waals surface area contributed by atoms with Gasteiger partial charge in [0, 0.05) is 33.4 Å². The molecule has 0 N–H and O–H groups in total. The number of hydrogen-bond donors (Lipinski definition) is 0. The van der Waals surface area contributed by atoms with Crippen molar-refractivity contribution in [3.05, 3.63) is 112 Å². The van der Waals surface area contributed by atoms with E-state index in [1.165, 1.54) is 0 Å². The van der Waals surface area contributed by atoms with Crippen molar-refractivity contribution in [1.82, 2.24) is 4.90 Å². The van der Waals surface area contributed by atoms with Gasteiger partial charge in [-0.15, -0.1) is 0 Å². The van der Waals surface area contributed by atoms with Gasteiger partial charge in [-0.1, -0.05) is 64.5 Å². The third-order valence-corrected chi connectivity index (χ3v) is 8.56. The van der Waals surface area contributed by atoms with Gasteiger partial charge in [-0.05, 0) is 30.3 Å². The highest BCUT2D eigenvalue weighted by Crippen LogP contribution is 2.48. The molecule has 0 bridgehead atoms. The minimum absolute atomic E-state index is 0.193. The molecule has 4 heterocycles. The molecule has 41 heavy (non-hydrogen) atoms. The molecule has 3 aromatic rings. The number of carbonyl (C=O) groups is 4. The molecule has 3 aromatic carbocycles. The van der Waals surface area contributed by atoms with Gasteiger partial charge in [0.15, 0.2) is 23.1 Å². The summed E-state index contributed by atoms with van der Waals surface area (Å²) >= 11 is 3.40. The number of Topliss-reactive ketones (excluding diaryl/α,β-unsaturated/α-hetero) is 2. The second-order valence-corrected chi connectivity index (χ2v) is 11.2. The Morgan fingerprint density at radius 1 is 0.805 bits per heavy atom. The first-order valence-electron chi connectivity index (χ1n) is 13.3. The van der Waals surface area contributed by atoms with E-state index in [-0.39, 0.29) is 11.6 Å². The summed E-state index contributed by atoms with van der Waals surface area (Å²) in [5, 5.41) is 0. The van der Waals surface area contributed by atoms with Crippen LogP contribution in [0.1, 0.15) is 20.7 Å². The monoisotopic (exact) mass is 610 g/mol. The summed E-state index contributed by atoms with van der Waals surface area (Å²) in [5.41, 5.74) is 1.71. The lowest BCUT2D eigenvalue weighted by atomic mass is 9.85. The summed E-state index contributed by atoms with van der Waals surface area (Å²) in [5.74, 6) is -2.15. The maximum atomic E-state index is 14.1. The van der Waals surface area contributed by atoms with E-state index in [0.717, 1.165) is 9.37 Å². The first-order chi connectivity index (χ1) is 19.9. The number of anilines is 1. The molecule has 9 heteroatoms. The zero-order valence-electron chi connectivity index (χ0n) is 21.6. The number of fused-ring (bicyclic) bond motifs is 4. The summed E-state index contributed by atoms with van der Waals surface area (Å²) in [6.07, 6.45) is 5.05. The SMILES string of the molecule is O=C(C1=C[C@@H]2[C@H]3C(=O)N(c4ccc5c(c4)OCCO5)C(=O)[C@@H]3[C@H](C(=O)c3ccc(Br)cc3)N2C=C1)c1ccccc1. The van der Waals surface area contributed by atoms with Gasteiger partial charge in [-0.3, -0.25) is 19.2 Å². The molecule has 0 aliphatic carbocycles. The third kappa shape index (κ3) is 4.11. The maximum absolute atomic E-state index is 14.1. The molecule has 8 nitrogen and oxygen atoms in total. The van der Waals surface area contributed by atoms with Crippen LogP contribution in [-0.4, -0.2) is 53.6 Å². The van der Waals surface area contributed by atoms with Gasteiger partial charge in [0.05, 0.1) is 23.6 Å². The van der Waals surface area contributed by atoms with Crippen LogP contribution in [0.25, 0.3) is 0 Å². The minimum atomic E-state index is -0.941. The van der Waals surface area contributed by atoms with Crippen LogP contribution in [-0.2, 0) is 9.59 Å². The summed E-state index contributed by atoms with van der Waals surface area (Å²) in [6, 6.07) is 19.2. The van der Waals surface area contributed by atoms with Crippen molar-refractivity contribution in [2.75, 3.05) is 18.1 Å². The lowest BCUT2D eigenvalue weighted by molar-refractivity contribution is -0.123. The Bertz CT molecular complexity index is 1670. The van der Waals surface area contributed by atoms with Crippen molar-refractivity contribution >= 4 is 45.0 Å². The number of carbonyl (C=O) groups excluding carboxylic acids is 4. The number of allylic oxidation sites excluding steroid dienone is 2. The van der Waals surface area contributed by atoms with E-state index in [1.54, 1.807) is 90.0 Å². The summed E-state index contributed by atoms with van der Waals surface area (Å²) in [6.45, 7) is 0.777. The molecule has 7 rings (SSSR count). The molecule has 4 aliphatic rings. The predicted octanol–water partition coefficient (Wildman–Crippen LogP) is 4.60. The molecule has 4 atom stereocenters. The molecule has 0 saturated carbocycles. The summed E-state index contributed by atoms with van der Waals surface area (Å²) < 4.78 is 12.1. The number of ketones is 2. The lowest BCUT2D eigenvalue weighted by Crippen LogP contribution is -2.46. The maximum Gasteiger partial charge on any atom is 0.240 e. The highest BCUT2D eigenvalue weighted by molar-refractivity contribution is 9.10. The standard InChI is InChI=1S/C32H23BrN2O6/c33-21-8-6-19(7-9-21)30(37)28-27-26(23-16-20(12-13-34(23)28)29(36)18-4-2-1-3-5-18)31(38)35(32(27)39)22-10-11-24-25(17-22)41-15-14-40-24/h1-13,16-17,23,26-28H,14-15H2/t23-,26-,27+,28-/m1/s1. The van der Waals surface area contributed by atoms with Crippen LogP contribution in [0.15, 0.2) is 101 Å². The van der Waals surface area contributed by atoms with Crippen LogP contribution in [0.2, 0.25) is 0 Å². The van der Waals surface area contributed by atoms with Gasteiger partial charge < -0.3 is 14.4 Å². The molecule has 0 radical (unpaired) electrons. The van der Waals surface area contributed by atoms with Crippen molar-refractivity contribution < 1.29 is 28.7 Å². The fraction of sp³-hybridized carbons (Fsp3) is 0.188. The van der Waals surface area contributed by atoms with Crippen LogP contribution < -0.4 is 14.4 Å². The fourth-order valence-electron chi connectivity index (χ4n) is 6.16.